The van der Waals surface area contributed by atoms with Gasteiger partial charge in [-0.2, -0.15) is 0 Å². The Morgan fingerprint density at radius 2 is 2.11 bits per heavy atom. The summed E-state index contributed by atoms with van der Waals surface area (Å²) in [6, 6.07) is 4.74. The molecule has 0 unspecified atom stereocenters. The predicted octanol–water partition coefficient (Wildman–Crippen LogP) is 2.40. The third-order valence-electron chi connectivity index (χ3n) is 2.19. The van der Waals surface area contributed by atoms with Gasteiger partial charge in [0.15, 0.2) is 0 Å². The summed E-state index contributed by atoms with van der Waals surface area (Å²) in [5.41, 5.74) is 1.33. The van der Waals surface area contributed by atoms with Crippen molar-refractivity contribution in [3.05, 3.63) is 46.6 Å². The number of hydrogen-bond donors (Lipinski definition) is 2. The molecule has 2 heterocycles. The van der Waals surface area contributed by atoms with Crippen LogP contribution in [-0.4, -0.2) is 22.0 Å². The number of anilines is 1. The lowest BCUT2D eigenvalue weighted by atomic mass is 10.2. The number of nitrogens with zero attached hydrogens (tertiary/aromatic N) is 1. The van der Waals surface area contributed by atoms with Gasteiger partial charge in [-0.25, -0.2) is 4.79 Å². The van der Waals surface area contributed by atoms with Gasteiger partial charge >= 0.3 is 5.97 Å². The smallest absolute Gasteiger partial charge is 0.345 e. The SMILES string of the molecule is Cc1cncc(C(=O)Nc2ccc(C(=O)O)s2)c1. The van der Waals surface area contributed by atoms with Crippen molar-refractivity contribution in [1.29, 1.82) is 0 Å². The molecular formula is C12H10N2O3S. The van der Waals surface area contributed by atoms with Crippen LogP contribution in [0.2, 0.25) is 0 Å². The van der Waals surface area contributed by atoms with Gasteiger partial charge in [0.25, 0.3) is 5.91 Å². The van der Waals surface area contributed by atoms with Crippen LogP contribution in [0.1, 0.15) is 25.6 Å². The standard InChI is InChI=1S/C12H10N2O3S/c1-7-4-8(6-13-5-7)11(15)14-10-3-2-9(18-10)12(16)17/h2-6H,1H3,(H,14,15)(H,16,17). The zero-order valence-electron chi connectivity index (χ0n) is 9.51. The lowest BCUT2D eigenvalue weighted by Gasteiger charge is -2.02. The molecule has 0 fully saturated rings. The summed E-state index contributed by atoms with van der Waals surface area (Å²) in [7, 11) is 0. The molecule has 0 aliphatic carbocycles. The van der Waals surface area contributed by atoms with Gasteiger partial charge in [-0.15, -0.1) is 11.3 Å². The molecule has 0 bridgehead atoms. The molecule has 0 aliphatic heterocycles. The van der Waals surface area contributed by atoms with Crippen LogP contribution in [-0.2, 0) is 0 Å². The number of carboxylic acid groups (broad SMARTS) is 1. The van der Waals surface area contributed by atoms with Crippen molar-refractivity contribution in [2.75, 3.05) is 5.32 Å². The number of aromatic carboxylic acids is 1. The van der Waals surface area contributed by atoms with Crippen LogP contribution in [0.5, 0.6) is 0 Å². The van der Waals surface area contributed by atoms with Gasteiger partial charge in [0.2, 0.25) is 0 Å². The molecule has 0 radical (unpaired) electrons. The highest BCUT2D eigenvalue weighted by Gasteiger charge is 2.11. The number of aryl methyl sites for hydroxylation is 1. The molecule has 0 saturated carbocycles. The Balaban J connectivity index is 2.13. The van der Waals surface area contributed by atoms with E-state index < -0.39 is 5.97 Å². The summed E-state index contributed by atoms with van der Waals surface area (Å²) in [6.45, 7) is 1.84. The maximum absolute atomic E-state index is 11.9. The van der Waals surface area contributed by atoms with E-state index >= 15 is 0 Å². The predicted molar refractivity (Wildman–Crippen MR) is 68.2 cm³/mol. The molecule has 0 aliphatic rings. The first-order chi connectivity index (χ1) is 8.56. The maximum atomic E-state index is 11.9. The van der Waals surface area contributed by atoms with Crippen LogP contribution in [0.15, 0.2) is 30.6 Å². The van der Waals surface area contributed by atoms with Crippen LogP contribution >= 0.6 is 11.3 Å². The molecule has 2 N–H and O–H groups in total. The van der Waals surface area contributed by atoms with E-state index in [1.165, 1.54) is 12.3 Å². The van der Waals surface area contributed by atoms with Gasteiger partial charge < -0.3 is 10.4 Å². The summed E-state index contributed by atoms with van der Waals surface area (Å²) in [5, 5.41) is 11.9. The van der Waals surface area contributed by atoms with E-state index in [1.807, 2.05) is 6.92 Å². The van der Waals surface area contributed by atoms with Crippen molar-refractivity contribution in [3.63, 3.8) is 0 Å². The summed E-state index contributed by atoms with van der Waals surface area (Å²) in [6.07, 6.45) is 3.12. The molecule has 5 nitrogen and oxygen atoms in total. The molecule has 0 aromatic carbocycles. The second-order valence-electron chi connectivity index (χ2n) is 3.67. The monoisotopic (exact) mass is 262 g/mol. The number of nitrogens with one attached hydrogen (secondary N) is 1. The topological polar surface area (TPSA) is 79.3 Å². The summed E-state index contributed by atoms with van der Waals surface area (Å²) < 4.78 is 0. The second-order valence-corrected chi connectivity index (χ2v) is 4.76. The summed E-state index contributed by atoms with van der Waals surface area (Å²) >= 11 is 1.02. The van der Waals surface area contributed by atoms with Gasteiger partial charge in [-0.05, 0) is 30.7 Å². The Kier molecular flexibility index (Phi) is 3.38. The number of carbonyl (C=O) groups excluding carboxylic acids is 1. The van der Waals surface area contributed by atoms with Gasteiger partial charge in [-0.1, -0.05) is 0 Å². The van der Waals surface area contributed by atoms with E-state index in [9.17, 15) is 9.59 Å². The minimum Gasteiger partial charge on any atom is -0.477 e. The number of carbonyl (C=O) groups is 2. The van der Waals surface area contributed by atoms with Crippen LogP contribution in [0.3, 0.4) is 0 Å². The van der Waals surface area contributed by atoms with Gasteiger partial charge in [0.1, 0.15) is 4.88 Å². The molecule has 2 aromatic heterocycles. The molecule has 0 spiro atoms. The number of aromatic nitrogens is 1. The van der Waals surface area contributed by atoms with Crippen LogP contribution < -0.4 is 5.32 Å². The third-order valence-corrected chi connectivity index (χ3v) is 3.18. The quantitative estimate of drug-likeness (QED) is 0.890. The molecular weight excluding hydrogens is 252 g/mol. The number of pyridine rings is 1. The average molecular weight is 262 g/mol. The highest BCUT2D eigenvalue weighted by atomic mass is 32.1. The van der Waals surface area contributed by atoms with E-state index in [0.717, 1.165) is 16.9 Å². The largest absolute Gasteiger partial charge is 0.477 e. The van der Waals surface area contributed by atoms with Crippen LogP contribution in [0.4, 0.5) is 5.00 Å². The Labute approximate surface area is 107 Å². The number of hydrogen-bond acceptors (Lipinski definition) is 4. The van der Waals surface area contributed by atoms with E-state index in [4.69, 9.17) is 5.11 Å². The molecule has 2 aromatic rings. The average Bonchev–Trinajstić information content (AvgIpc) is 2.77. The van der Waals surface area contributed by atoms with Crippen molar-refractivity contribution in [2.45, 2.75) is 6.92 Å². The lowest BCUT2D eigenvalue weighted by molar-refractivity contribution is 0.0702. The van der Waals surface area contributed by atoms with Crippen molar-refractivity contribution < 1.29 is 14.7 Å². The van der Waals surface area contributed by atoms with E-state index in [2.05, 4.69) is 10.3 Å². The number of amides is 1. The highest BCUT2D eigenvalue weighted by Crippen LogP contribution is 2.22. The number of carboxylic acids is 1. The zero-order valence-corrected chi connectivity index (χ0v) is 10.3. The molecule has 0 atom stereocenters. The second kappa shape index (κ2) is 4.97. The van der Waals surface area contributed by atoms with E-state index in [-0.39, 0.29) is 10.8 Å². The fourth-order valence-corrected chi connectivity index (χ4v) is 2.12. The van der Waals surface area contributed by atoms with Crippen molar-refractivity contribution >= 4 is 28.2 Å². The highest BCUT2D eigenvalue weighted by molar-refractivity contribution is 7.18. The Hall–Kier alpha value is -2.21. The van der Waals surface area contributed by atoms with E-state index in [1.54, 1.807) is 18.3 Å². The lowest BCUT2D eigenvalue weighted by Crippen LogP contribution is -2.11. The molecule has 0 saturated heterocycles. The fourth-order valence-electron chi connectivity index (χ4n) is 1.38. The van der Waals surface area contributed by atoms with Crippen molar-refractivity contribution in [2.24, 2.45) is 0 Å². The van der Waals surface area contributed by atoms with Crippen LogP contribution in [0.25, 0.3) is 0 Å². The van der Waals surface area contributed by atoms with Crippen molar-refractivity contribution in [1.82, 2.24) is 4.98 Å². The molecule has 6 heteroatoms. The first kappa shape index (κ1) is 12.3. The zero-order chi connectivity index (χ0) is 13.1. The first-order valence-electron chi connectivity index (χ1n) is 5.12. The fraction of sp³-hybridized carbons (Fsp3) is 0.0833. The normalized spacial score (nSPS) is 10.1. The molecule has 1 amide bonds. The third kappa shape index (κ3) is 2.72. The van der Waals surface area contributed by atoms with Crippen LogP contribution in [0, 0.1) is 6.92 Å². The Morgan fingerprint density at radius 1 is 1.33 bits per heavy atom. The summed E-state index contributed by atoms with van der Waals surface area (Å²) in [5.74, 6) is -1.30. The Bertz CT molecular complexity index is 607. The molecule has 18 heavy (non-hydrogen) atoms. The molecule has 92 valence electrons. The Morgan fingerprint density at radius 3 is 2.72 bits per heavy atom. The molecule has 2 rings (SSSR count). The number of rotatable bonds is 3. The minimum atomic E-state index is -1.00. The van der Waals surface area contributed by atoms with Gasteiger partial charge in [0, 0.05) is 12.4 Å². The number of thiophene rings is 1. The van der Waals surface area contributed by atoms with E-state index in [0.29, 0.717) is 10.6 Å². The van der Waals surface area contributed by atoms with Gasteiger partial charge in [-0.3, -0.25) is 9.78 Å². The first-order valence-corrected chi connectivity index (χ1v) is 5.94. The minimum absolute atomic E-state index is 0.188. The maximum Gasteiger partial charge on any atom is 0.345 e. The van der Waals surface area contributed by atoms with Crippen molar-refractivity contribution in [3.8, 4) is 0 Å². The van der Waals surface area contributed by atoms with Gasteiger partial charge in [0.05, 0.1) is 10.6 Å². The summed E-state index contributed by atoms with van der Waals surface area (Å²) in [4.78, 5) is 26.7.